The molecule has 0 fully saturated rings. The first kappa shape index (κ1) is 24.3. The van der Waals surface area contributed by atoms with Gasteiger partial charge < -0.3 is 9.30 Å². The summed E-state index contributed by atoms with van der Waals surface area (Å²) in [5.74, 6) is -15.8. The summed E-state index contributed by atoms with van der Waals surface area (Å²) in [4.78, 5) is 0.163. The number of aryl methyl sites for hydroxylation is 2. The number of ether oxygens (including phenoxy) is 1. The Hall–Kier alpha value is -3.45. The van der Waals surface area contributed by atoms with E-state index in [0.717, 1.165) is 11.3 Å². The van der Waals surface area contributed by atoms with Gasteiger partial charge in [0.15, 0.2) is 0 Å². The summed E-state index contributed by atoms with van der Waals surface area (Å²) in [6, 6.07) is 10.5. The zero-order chi connectivity index (χ0) is 26.4. The number of allylic oxidation sites excluding steroid dienone is 2. The molecule has 10 heteroatoms. The van der Waals surface area contributed by atoms with E-state index < -0.39 is 28.9 Å². The molecule has 0 spiro atoms. The minimum absolute atomic E-state index is 0.0963. The van der Waals surface area contributed by atoms with Crippen LogP contribution in [0.2, 0.25) is 0 Å². The van der Waals surface area contributed by atoms with Crippen LogP contribution in [-0.4, -0.2) is 29.4 Å². The number of nitriles is 1. The van der Waals surface area contributed by atoms with Gasteiger partial charge in [0.1, 0.15) is 5.75 Å². The highest BCUT2D eigenvalue weighted by Gasteiger charge is 2.80. The molecular formula is C26H18F6N2OS. The lowest BCUT2D eigenvalue weighted by Gasteiger charge is -2.26. The number of halogens is 6. The standard InChI is InChI=1S/C26H18F6N2OS/c1-12-20(17-10-15(35-4)6-8-18(17)34(12)3)22-23(25(29,30)26(31,32)24(22,27)28)21-13(2)36-19-9-14(11-33)5-7-16(19)21/h5-10H,1-4H3. The van der Waals surface area contributed by atoms with E-state index in [1.807, 2.05) is 6.07 Å². The second-order valence-corrected chi connectivity index (χ2v) is 9.99. The summed E-state index contributed by atoms with van der Waals surface area (Å²) in [5, 5.41) is 9.39. The molecule has 0 saturated carbocycles. The zero-order valence-corrected chi connectivity index (χ0v) is 20.3. The fourth-order valence-electron chi connectivity index (χ4n) is 4.98. The third-order valence-electron chi connectivity index (χ3n) is 6.86. The van der Waals surface area contributed by atoms with Gasteiger partial charge in [-0.1, -0.05) is 6.07 Å². The lowest BCUT2D eigenvalue weighted by Crippen LogP contribution is -2.49. The quantitative estimate of drug-likeness (QED) is 0.260. The van der Waals surface area contributed by atoms with Crippen molar-refractivity contribution in [2.45, 2.75) is 31.6 Å². The number of thiophene rings is 1. The molecule has 0 atom stereocenters. The molecule has 4 aromatic rings. The Balaban J connectivity index is 2.00. The van der Waals surface area contributed by atoms with Crippen molar-refractivity contribution >= 4 is 43.5 Å². The van der Waals surface area contributed by atoms with Crippen LogP contribution in [-0.2, 0) is 7.05 Å². The number of rotatable bonds is 3. The van der Waals surface area contributed by atoms with E-state index in [9.17, 15) is 14.0 Å². The van der Waals surface area contributed by atoms with Crippen molar-refractivity contribution in [3.05, 3.63) is 63.7 Å². The maximum absolute atomic E-state index is 15.6. The molecule has 3 nitrogen and oxygen atoms in total. The summed E-state index contributed by atoms with van der Waals surface area (Å²) in [6.45, 7) is 2.84. The molecule has 186 valence electrons. The maximum atomic E-state index is 15.6. The van der Waals surface area contributed by atoms with E-state index in [4.69, 9.17) is 4.74 Å². The van der Waals surface area contributed by atoms with Crippen LogP contribution in [0.15, 0.2) is 36.4 Å². The number of methoxy groups -OCH3 is 1. The predicted molar refractivity (Wildman–Crippen MR) is 127 cm³/mol. The molecule has 2 heterocycles. The Labute approximate surface area is 205 Å². The second kappa shape index (κ2) is 7.53. The van der Waals surface area contributed by atoms with E-state index in [-0.39, 0.29) is 43.8 Å². The highest BCUT2D eigenvalue weighted by atomic mass is 32.1. The van der Waals surface area contributed by atoms with Gasteiger partial charge in [0.2, 0.25) is 0 Å². The van der Waals surface area contributed by atoms with Gasteiger partial charge in [0.25, 0.3) is 0 Å². The first-order valence-corrected chi connectivity index (χ1v) is 11.6. The summed E-state index contributed by atoms with van der Waals surface area (Å²) >= 11 is 0.979. The SMILES string of the molecule is COc1ccc2c(c1)c(C1=C(c3c(C)sc4cc(C#N)ccc34)C(F)(F)C(F)(F)C1(F)F)c(C)n2C. The summed E-state index contributed by atoms with van der Waals surface area (Å²) in [7, 11) is 2.90. The fourth-order valence-corrected chi connectivity index (χ4v) is 6.09. The number of hydrogen-bond donors (Lipinski definition) is 0. The van der Waals surface area contributed by atoms with Crippen molar-refractivity contribution in [1.82, 2.24) is 4.57 Å². The van der Waals surface area contributed by atoms with Crippen LogP contribution in [0.5, 0.6) is 5.75 Å². The summed E-state index contributed by atoms with van der Waals surface area (Å²) in [6.07, 6.45) is 0. The molecule has 36 heavy (non-hydrogen) atoms. The molecule has 0 saturated heterocycles. The fraction of sp³-hybridized carbons (Fsp3) is 0.269. The van der Waals surface area contributed by atoms with E-state index in [0.29, 0.717) is 10.2 Å². The van der Waals surface area contributed by atoms with Gasteiger partial charge in [-0.2, -0.15) is 31.6 Å². The van der Waals surface area contributed by atoms with Gasteiger partial charge >= 0.3 is 17.8 Å². The Morgan fingerprint density at radius 2 is 1.53 bits per heavy atom. The Morgan fingerprint density at radius 1 is 0.889 bits per heavy atom. The first-order chi connectivity index (χ1) is 16.8. The van der Waals surface area contributed by atoms with Crippen LogP contribution in [0.25, 0.3) is 32.1 Å². The van der Waals surface area contributed by atoms with Gasteiger partial charge in [0.05, 0.1) is 18.7 Å². The van der Waals surface area contributed by atoms with Gasteiger partial charge in [-0.3, -0.25) is 0 Å². The Bertz CT molecular complexity index is 1650. The highest BCUT2D eigenvalue weighted by molar-refractivity contribution is 7.19. The Morgan fingerprint density at radius 3 is 2.14 bits per heavy atom. The van der Waals surface area contributed by atoms with Gasteiger partial charge in [-0.05, 0) is 44.2 Å². The van der Waals surface area contributed by atoms with Crippen molar-refractivity contribution in [2.75, 3.05) is 7.11 Å². The number of benzene rings is 2. The molecule has 5 rings (SSSR count). The number of alkyl halides is 6. The number of nitrogens with zero attached hydrogens (tertiary/aromatic N) is 2. The lowest BCUT2D eigenvalue weighted by molar-refractivity contribution is -0.254. The van der Waals surface area contributed by atoms with Crippen LogP contribution in [0.3, 0.4) is 0 Å². The lowest BCUT2D eigenvalue weighted by atomic mass is 9.91. The first-order valence-electron chi connectivity index (χ1n) is 10.7. The molecule has 0 radical (unpaired) electrons. The average molecular weight is 520 g/mol. The topological polar surface area (TPSA) is 37.9 Å². The monoisotopic (exact) mass is 520 g/mol. The van der Waals surface area contributed by atoms with Gasteiger partial charge in [0, 0.05) is 60.9 Å². The van der Waals surface area contributed by atoms with Crippen LogP contribution >= 0.6 is 11.3 Å². The molecule has 2 aromatic carbocycles. The molecule has 1 aliphatic carbocycles. The molecule has 0 N–H and O–H groups in total. The van der Waals surface area contributed by atoms with Crippen molar-refractivity contribution in [3.63, 3.8) is 0 Å². The van der Waals surface area contributed by atoms with Crippen molar-refractivity contribution < 1.29 is 31.1 Å². The van der Waals surface area contributed by atoms with E-state index >= 15 is 17.6 Å². The van der Waals surface area contributed by atoms with Crippen molar-refractivity contribution in [1.29, 1.82) is 5.26 Å². The Kier molecular flexibility index (Phi) is 5.07. The third-order valence-corrected chi connectivity index (χ3v) is 7.93. The number of fused-ring (bicyclic) bond motifs is 2. The summed E-state index contributed by atoms with van der Waals surface area (Å²) in [5.41, 5.74) is -2.79. The third kappa shape index (κ3) is 2.86. The normalized spacial score (nSPS) is 18.2. The number of hydrogen-bond acceptors (Lipinski definition) is 3. The molecule has 2 aromatic heterocycles. The van der Waals surface area contributed by atoms with Crippen LogP contribution < -0.4 is 4.74 Å². The zero-order valence-electron chi connectivity index (χ0n) is 19.4. The van der Waals surface area contributed by atoms with Crippen LogP contribution in [0.4, 0.5) is 26.3 Å². The minimum Gasteiger partial charge on any atom is -0.497 e. The molecule has 0 bridgehead atoms. The summed E-state index contributed by atoms with van der Waals surface area (Å²) < 4.78 is 99.3. The van der Waals surface area contributed by atoms with E-state index in [2.05, 4.69) is 0 Å². The highest BCUT2D eigenvalue weighted by Crippen LogP contribution is 2.66. The minimum atomic E-state index is -5.68. The second-order valence-electron chi connectivity index (χ2n) is 8.73. The molecule has 0 aliphatic heterocycles. The maximum Gasteiger partial charge on any atom is 0.380 e. The van der Waals surface area contributed by atoms with Crippen molar-refractivity contribution in [2.24, 2.45) is 7.05 Å². The average Bonchev–Trinajstić information content (AvgIpc) is 3.31. The van der Waals surface area contributed by atoms with E-state index in [1.54, 1.807) is 19.2 Å². The smallest absolute Gasteiger partial charge is 0.380 e. The molecular weight excluding hydrogens is 502 g/mol. The molecule has 0 amide bonds. The molecule has 1 aliphatic rings. The van der Waals surface area contributed by atoms with E-state index in [1.165, 1.54) is 49.8 Å². The largest absolute Gasteiger partial charge is 0.497 e. The van der Waals surface area contributed by atoms with Crippen LogP contribution in [0, 0.1) is 25.2 Å². The van der Waals surface area contributed by atoms with Gasteiger partial charge in [-0.15, -0.1) is 11.3 Å². The van der Waals surface area contributed by atoms with Crippen LogP contribution in [0.1, 0.15) is 27.3 Å². The molecule has 0 unspecified atom stereocenters. The van der Waals surface area contributed by atoms with Gasteiger partial charge in [-0.25, -0.2) is 0 Å². The van der Waals surface area contributed by atoms with Crippen molar-refractivity contribution in [3.8, 4) is 11.8 Å². The number of aromatic nitrogens is 1. The predicted octanol–water partition coefficient (Wildman–Crippen LogP) is 7.72.